The average molecular weight is 470 g/mol. The van der Waals surface area contributed by atoms with Gasteiger partial charge in [-0.05, 0) is 61.0 Å². The van der Waals surface area contributed by atoms with Gasteiger partial charge < -0.3 is 15.1 Å². The van der Waals surface area contributed by atoms with E-state index < -0.39 is 18.3 Å². The molecule has 0 aliphatic carbocycles. The van der Waals surface area contributed by atoms with Crippen molar-refractivity contribution in [2.24, 2.45) is 11.0 Å². The highest BCUT2D eigenvalue weighted by atomic mass is 79.9. The number of likely N-dealkylation sites (tertiary alicyclic amines) is 1. The summed E-state index contributed by atoms with van der Waals surface area (Å²) in [5.74, 6) is -0.0422. The van der Waals surface area contributed by atoms with Crippen molar-refractivity contribution in [2.45, 2.75) is 45.4 Å². The van der Waals surface area contributed by atoms with Crippen molar-refractivity contribution in [1.82, 2.24) is 10.3 Å². The molecular formula is C17H23BrF3N3O2S. The summed E-state index contributed by atoms with van der Waals surface area (Å²) in [6, 6.07) is 1.84. The Morgan fingerprint density at radius 3 is 2.48 bits per heavy atom. The summed E-state index contributed by atoms with van der Waals surface area (Å²) >= 11 is 4.85. The second-order valence-electron chi connectivity index (χ2n) is 7.29. The van der Waals surface area contributed by atoms with Crippen LogP contribution in [0.3, 0.4) is 0 Å². The van der Waals surface area contributed by atoms with Crippen molar-refractivity contribution in [3.63, 3.8) is 0 Å². The minimum absolute atomic E-state index is 0.0422. The third-order valence-corrected chi connectivity index (χ3v) is 5.72. The number of hydrogen-bond acceptors (Lipinski definition) is 5. The largest absolute Gasteiger partial charge is 0.444 e. The number of carbonyl (C=O) groups is 1. The van der Waals surface area contributed by atoms with E-state index in [1.807, 2.05) is 32.2 Å². The minimum atomic E-state index is -4.33. The third kappa shape index (κ3) is 6.99. The van der Waals surface area contributed by atoms with Crippen LogP contribution in [-0.2, 0) is 4.74 Å². The van der Waals surface area contributed by atoms with Gasteiger partial charge in [0.2, 0.25) is 0 Å². The zero-order valence-corrected chi connectivity index (χ0v) is 17.8. The first kappa shape index (κ1) is 22.0. The first-order valence-corrected chi connectivity index (χ1v) is 10.2. The molecule has 1 amide bonds. The number of amides is 1. The Balaban J connectivity index is 2.06. The van der Waals surface area contributed by atoms with E-state index in [2.05, 4.69) is 26.5 Å². The lowest BCUT2D eigenvalue weighted by atomic mass is 9.91. The van der Waals surface area contributed by atoms with Crippen LogP contribution in [0.2, 0.25) is 0 Å². The third-order valence-electron chi connectivity index (χ3n) is 3.86. The van der Waals surface area contributed by atoms with E-state index in [4.69, 9.17) is 4.74 Å². The molecule has 1 aliphatic heterocycles. The van der Waals surface area contributed by atoms with E-state index in [0.29, 0.717) is 31.6 Å². The topological polar surface area (TPSA) is 53.9 Å². The van der Waals surface area contributed by atoms with Crippen molar-refractivity contribution in [2.75, 3.05) is 19.6 Å². The fourth-order valence-corrected chi connectivity index (χ4v) is 4.32. The molecule has 0 bridgehead atoms. The van der Waals surface area contributed by atoms with Gasteiger partial charge in [-0.1, -0.05) is 0 Å². The minimum Gasteiger partial charge on any atom is -0.444 e. The Labute approximate surface area is 169 Å². The normalized spacial score (nSPS) is 17.1. The molecule has 5 nitrogen and oxygen atoms in total. The second-order valence-corrected chi connectivity index (χ2v) is 9.06. The number of nitrogens with zero attached hydrogens (tertiary/aromatic N) is 2. The van der Waals surface area contributed by atoms with E-state index >= 15 is 0 Å². The fourth-order valence-electron chi connectivity index (χ4n) is 2.68. The van der Waals surface area contributed by atoms with Gasteiger partial charge in [0, 0.05) is 23.5 Å². The standard InChI is InChI=1S/C17H23BrF3N3O2S/c1-16(2,3)26-15(25)24-7-4-11(5-8-24)13(14-12(18)6-9-27-14)23-22-10-17(19,20)21/h6,9,11,22H,4-5,7-8,10H2,1-3H3. The Kier molecular flexibility index (Phi) is 7.18. The Bertz CT molecular complexity index is 678. The second kappa shape index (κ2) is 8.81. The van der Waals surface area contributed by atoms with E-state index in [1.54, 1.807) is 4.90 Å². The molecule has 1 aliphatic rings. The smallest absolute Gasteiger partial charge is 0.410 e. The number of thiophene rings is 1. The molecule has 1 aromatic rings. The van der Waals surface area contributed by atoms with E-state index in [9.17, 15) is 18.0 Å². The summed E-state index contributed by atoms with van der Waals surface area (Å²) < 4.78 is 43.5. The SMILES string of the molecule is CC(C)(C)OC(=O)N1CCC(C(=NNCC(F)(F)F)c2sccc2Br)CC1. The predicted octanol–water partition coefficient (Wildman–Crippen LogP) is 5.01. The Morgan fingerprint density at radius 1 is 1.37 bits per heavy atom. The molecule has 1 aromatic heterocycles. The molecule has 0 spiro atoms. The zero-order chi connectivity index (χ0) is 20.2. The van der Waals surface area contributed by atoms with Crippen LogP contribution in [0.15, 0.2) is 21.0 Å². The first-order valence-electron chi connectivity index (χ1n) is 8.55. The molecule has 152 valence electrons. The van der Waals surface area contributed by atoms with Crippen LogP contribution in [0.4, 0.5) is 18.0 Å². The van der Waals surface area contributed by atoms with Crippen molar-refractivity contribution >= 4 is 39.1 Å². The summed E-state index contributed by atoms with van der Waals surface area (Å²) in [7, 11) is 0. The molecule has 1 fully saturated rings. The van der Waals surface area contributed by atoms with Crippen LogP contribution in [0.25, 0.3) is 0 Å². The zero-order valence-electron chi connectivity index (χ0n) is 15.4. The van der Waals surface area contributed by atoms with Crippen LogP contribution >= 0.6 is 27.3 Å². The Morgan fingerprint density at radius 2 is 2.00 bits per heavy atom. The number of rotatable bonds is 4. The predicted molar refractivity (Wildman–Crippen MR) is 103 cm³/mol. The van der Waals surface area contributed by atoms with Crippen LogP contribution in [0.1, 0.15) is 38.5 Å². The van der Waals surface area contributed by atoms with Gasteiger partial charge in [0.1, 0.15) is 12.1 Å². The van der Waals surface area contributed by atoms with E-state index in [1.165, 1.54) is 11.3 Å². The fraction of sp³-hybridized carbons (Fsp3) is 0.647. The maximum Gasteiger partial charge on any atom is 0.410 e. The monoisotopic (exact) mass is 469 g/mol. The van der Waals surface area contributed by atoms with Crippen LogP contribution in [-0.4, -0.2) is 48.1 Å². The van der Waals surface area contributed by atoms with Gasteiger partial charge in [-0.25, -0.2) is 4.79 Å². The van der Waals surface area contributed by atoms with Crippen LogP contribution in [0, 0.1) is 5.92 Å². The van der Waals surface area contributed by atoms with E-state index in [0.717, 1.165) is 9.35 Å². The average Bonchev–Trinajstić information content (AvgIpc) is 2.95. The lowest BCUT2D eigenvalue weighted by Crippen LogP contribution is -2.43. The highest BCUT2D eigenvalue weighted by Crippen LogP contribution is 2.30. The lowest BCUT2D eigenvalue weighted by Gasteiger charge is -2.33. The highest BCUT2D eigenvalue weighted by molar-refractivity contribution is 9.10. The molecule has 0 radical (unpaired) electrons. The number of carbonyl (C=O) groups excluding carboxylic acids is 1. The number of hydrazone groups is 1. The molecule has 0 unspecified atom stereocenters. The van der Waals surface area contributed by atoms with E-state index in [-0.39, 0.29) is 12.0 Å². The van der Waals surface area contributed by atoms with Gasteiger partial charge in [-0.15, -0.1) is 11.3 Å². The van der Waals surface area contributed by atoms with Gasteiger partial charge in [0.25, 0.3) is 0 Å². The summed E-state index contributed by atoms with van der Waals surface area (Å²) in [6.45, 7) is 5.19. The molecule has 0 saturated carbocycles. The molecule has 1 N–H and O–H groups in total. The molecule has 27 heavy (non-hydrogen) atoms. The molecule has 10 heteroatoms. The molecular weight excluding hydrogens is 447 g/mol. The van der Waals surface area contributed by atoms with Crippen LogP contribution in [0.5, 0.6) is 0 Å². The van der Waals surface area contributed by atoms with Gasteiger partial charge in [0.15, 0.2) is 0 Å². The molecule has 0 aromatic carbocycles. The van der Waals surface area contributed by atoms with Crippen molar-refractivity contribution in [3.05, 3.63) is 20.8 Å². The van der Waals surface area contributed by atoms with Crippen molar-refractivity contribution < 1.29 is 22.7 Å². The summed E-state index contributed by atoms with van der Waals surface area (Å²) in [5.41, 5.74) is 2.17. The molecule has 2 rings (SSSR count). The van der Waals surface area contributed by atoms with Crippen molar-refractivity contribution in [1.29, 1.82) is 0 Å². The maximum atomic E-state index is 12.4. The summed E-state index contributed by atoms with van der Waals surface area (Å²) in [4.78, 5) is 14.6. The number of piperidine rings is 1. The number of ether oxygens (including phenoxy) is 1. The number of halogens is 4. The lowest BCUT2D eigenvalue weighted by molar-refractivity contribution is -0.124. The van der Waals surface area contributed by atoms with Gasteiger partial charge in [0.05, 0.1) is 10.6 Å². The summed E-state index contributed by atoms with van der Waals surface area (Å²) in [5, 5.41) is 5.91. The van der Waals surface area contributed by atoms with Gasteiger partial charge >= 0.3 is 12.3 Å². The molecule has 0 atom stereocenters. The number of hydrogen-bond donors (Lipinski definition) is 1. The van der Waals surface area contributed by atoms with Gasteiger partial charge in [-0.2, -0.15) is 18.3 Å². The van der Waals surface area contributed by atoms with Gasteiger partial charge in [-0.3, -0.25) is 0 Å². The highest BCUT2D eigenvalue weighted by Gasteiger charge is 2.31. The number of nitrogens with one attached hydrogen (secondary N) is 1. The first-order chi connectivity index (χ1) is 12.5. The molecule has 1 saturated heterocycles. The van der Waals surface area contributed by atoms with Crippen molar-refractivity contribution in [3.8, 4) is 0 Å². The molecule has 2 heterocycles. The van der Waals surface area contributed by atoms with Crippen LogP contribution < -0.4 is 5.43 Å². The summed E-state index contributed by atoms with van der Waals surface area (Å²) in [6.07, 6.45) is -3.49. The number of alkyl halides is 3. The Hall–Kier alpha value is -1.29. The quantitative estimate of drug-likeness (QED) is 0.497. The maximum absolute atomic E-state index is 12.4.